The first-order chi connectivity index (χ1) is 7.99. The van der Waals surface area contributed by atoms with Crippen molar-refractivity contribution in [3.8, 4) is 0 Å². The Morgan fingerprint density at radius 1 is 1.35 bits per heavy atom. The van der Waals surface area contributed by atoms with Crippen molar-refractivity contribution in [2.24, 2.45) is 0 Å². The Morgan fingerprint density at radius 3 is 2.29 bits per heavy atom. The van der Waals surface area contributed by atoms with Gasteiger partial charge in [-0.1, -0.05) is 0 Å². The zero-order chi connectivity index (χ0) is 13.0. The lowest BCUT2D eigenvalue weighted by molar-refractivity contribution is -0.141. The van der Waals surface area contributed by atoms with Crippen LogP contribution in [-0.4, -0.2) is 20.1 Å². The van der Waals surface area contributed by atoms with E-state index in [1.165, 1.54) is 14.2 Å². The minimum Gasteiger partial charge on any atom is -0.469 e. The number of rotatable bonds is 4. The monoisotopic (exact) mass is 247 g/mol. The minimum absolute atomic E-state index is 0.0997. The minimum atomic E-state index is -1.53. The van der Waals surface area contributed by atoms with E-state index in [0.29, 0.717) is 0 Å². The first-order valence-corrected chi connectivity index (χ1v) is 4.88. The van der Waals surface area contributed by atoms with Crippen molar-refractivity contribution in [3.63, 3.8) is 0 Å². The molecule has 0 amide bonds. The summed E-state index contributed by atoms with van der Waals surface area (Å²) in [6.45, 7) is 0. The maximum Gasteiger partial charge on any atom is 0.307 e. The van der Waals surface area contributed by atoms with Crippen molar-refractivity contribution in [1.82, 2.24) is 5.32 Å². The van der Waals surface area contributed by atoms with E-state index < -0.39 is 29.5 Å². The molecule has 1 rings (SSSR count). The van der Waals surface area contributed by atoms with E-state index in [1.807, 2.05) is 0 Å². The Labute approximate surface area is 96.6 Å². The van der Waals surface area contributed by atoms with Gasteiger partial charge in [0, 0.05) is 6.04 Å². The molecule has 17 heavy (non-hydrogen) atoms. The second-order valence-corrected chi connectivity index (χ2v) is 3.42. The van der Waals surface area contributed by atoms with Crippen molar-refractivity contribution in [1.29, 1.82) is 0 Å². The second-order valence-electron chi connectivity index (χ2n) is 3.42. The SMILES string of the molecule is CNC(CC(=O)OC)c1cc(F)c(F)c(F)c1. The molecule has 0 bridgehead atoms. The van der Waals surface area contributed by atoms with Crippen LogP contribution in [0, 0.1) is 17.5 Å². The molecule has 0 radical (unpaired) electrons. The fraction of sp³-hybridized carbons (Fsp3) is 0.364. The van der Waals surface area contributed by atoms with E-state index in [1.54, 1.807) is 0 Å². The molecule has 6 heteroatoms. The summed E-state index contributed by atoms with van der Waals surface area (Å²) in [5.74, 6) is -4.63. The lowest BCUT2D eigenvalue weighted by Gasteiger charge is -2.15. The largest absolute Gasteiger partial charge is 0.469 e. The molecule has 0 aromatic heterocycles. The molecule has 0 heterocycles. The predicted molar refractivity (Wildman–Crippen MR) is 54.7 cm³/mol. The van der Waals surface area contributed by atoms with Gasteiger partial charge in [-0.05, 0) is 24.7 Å². The molecule has 94 valence electrons. The summed E-state index contributed by atoms with van der Waals surface area (Å²) in [6.07, 6.45) is -0.0997. The van der Waals surface area contributed by atoms with Crippen LogP contribution >= 0.6 is 0 Å². The molecule has 0 aliphatic rings. The molecule has 0 aliphatic heterocycles. The number of carbonyl (C=O) groups excluding carboxylic acids is 1. The zero-order valence-electron chi connectivity index (χ0n) is 9.39. The molecular weight excluding hydrogens is 235 g/mol. The summed E-state index contributed by atoms with van der Waals surface area (Å²) in [5.41, 5.74) is 0.148. The van der Waals surface area contributed by atoms with Crippen LogP contribution in [0.15, 0.2) is 12.1 Å². The number of hydrogen-bond donors (Lipinski definition) is 1. The van der Waals surface area contributed by atoms with Gasteiger partial charge >= 0.3 is 5.97 Å². The zero-order valence-corrected chi connectivity index (χ0v) is 9.39. The number of benzene rings is 1. The van der Waals surface area contributed by atoms with Crippen LogP contribution in [0.2, 0.25) is 0 Å². The van der Waals surface area contributed by atoms with Crippen LogP contribution in [-0.2, 0) is 9.53 Å². The first-order valence-electron chi connectivity index (χ1n) is 4.88. The van der Waals surface area contributed by atoms with Crippen LogP contribution < -0.4 is 5.32 Å². The molecule has 1 N–H and O–H groups in total. The number of nitrogens with one attached hydrogen (secondary N) is 1. The van der Waals surface area contributed by atoms with E-state index in [2.05, 4.69) is 10.1 Å². The Hall–Kier alpha value is -1.56. The standard InChI is InChI=1S/C11H12F3NO2/c1-15-9(5-10(16)17-2)6-3-7(12)11(14)8(13)4-6/h3-4,9,15H,5H2,1-2H3. The van der Waals surface area contributed by atoms with E-state index >= 15 is 0 Å². The van der Waals surface area contributed by atoms with Gasteiger partial charge in [0.05, 0.1) is 13.5 Å². The highest BCUT2D eigenvalue weighted by atomic mass is 19.2. The smallest absolute Gasteiger partial charge is 0.307 e. The van der Waals surface area contributed by atoms with Crippen LogP contribution in [0.25, 0.3) is 0 Å². The van der Waals surface area contributed by atoms with Gasteiger partial charge in [-0.2, -0.15) is 0 Å². The van der Waals surface area contributed by atoms with Gasteiger partial charge in [0.25, 0.3) is 0 Å². The maximum atomic E-state index is 13.0. The first kappa shape index (κ1) is 13.5. The highest BCUT2D eigenvalue weighted by molar-refractivity contribution is 5.70. The summed E-state index contributed by atoms with van der Waals surface area (Å²) >= 11 is 0. The van der Waals surface area contributed by atoms with Crippen molar-refractivity contribution in [3.05, 3.63) is 35.1 Å². The molecule has 0 saturated carbocycles. The normalized spacial score (nSPS) is 12.3. The fourth-order valence-corrected chi connectivity index (χ4v) is 1.41. The van der Waals surface area contributed by atoms with Crippen LogP contribution in [0.5, 0.6) is 0 Å². The third-order valence-electron chi connectivity index (χ3n) is 2.36. The Kier molecular flexibility index (Phi) is 4.51. The molecule has 0 spiro atoms. The molecular formula is C11H12F3NO2. The Morgan fingerprint density at radius 2 is 1.88 bits per heavy atom. The maximum absolute atomic E-state index is 13.0. The molecule has 1 aromatic rings. The third-order valence-corrected chi connectivity index (χ3v) is 2.36. The van der Waals surface area contributed by atoms with Gasteiger partial charge in [0.1, 0.15) is 0 Å². The van der Waals surface area contributed by atoms with E-state index in [-0.39, 0.29) is 12.0 Å². The molecule has 1 atom stereocenters. The summed E-state index contributed by atoms with van der Waals surface area (Å²) < 4.78 is 43.2. The molecule has 0 saturated heterocycles. The average molecular weight is 247 g/mol. The summed E-state index contributed by atoms with van der Waals surface area (Å²) in [6, 6.07) is 1.07. The van der Waals surface area contributed by atoms with Crippen molar-refractivity contribution in [2.45, 2.75) is 12.5 Å². The highest BCUT2D eigenvalue weighted by Crippen LogP contribution is 2.21. The van der Waals surface area contributed by atoms with Crippen molar-refractivity contribution in [2.75, 3.05) is 14.2 Å². The van der Waals surface area contributed by atoms with Crippen LogP contribution in [0.1, 0.15) is 18.0 Å². The summed E-state index contributed by atoms with van der Waals surface area (Å²) in [7, 11) is 2.73. The molecule has 1 unspecified atom stereocenters. The van der Waals surface area contributed by atoms with Gasteiger partial charge in [0.2, 0.25) is 0 Å². The second kappa shape index (κ2) is 5.67. The van der Waals surface area contributed by atoms with Gasteiger partial charge in [0.15, 0.2) is 17.5 Å². The third kappa shape index (κ3) is 3.20. The molecule has 1 aromatic carbocycles. The molecule has 3 nitrogen and oxygen atoms in total. The van der Waals surface area contributed by atoms with E-state index in [4.69, 9.17) is 0 Å². The van der Waals surface area contributed by atoms with Gasteiger partial charge in [-0.15, -0.1) is 0 Å². The van der Waals surface area contributed by atoms with Crippen molar-refractivity contribution < 1.29 is 22.7 Å². The summed E-state index contributed by atoms with van der Waals surface area (Å²) in [5, 5.41) is 2.70. The highest BCUT2D eigenvalue weighted by Gasteiger charge is 2.19. The molecule has 0 aliphatic carbocycles. The number of halogens is 3. The van der Waals surface area contributed by atoms with Gasteiger partial charge in [-0.25, -0.2) is 13.2 Å². The predicted octanol–water partition coefficient (Wildman–Crippen LogP) is 1.93. The average Bonchev–Trinajstić information content (AvgIpc) is 2.31. The van der Waals surface area contributed by atoms with Crippen molar-refractivity contribution >= 4 is 5.97 Å². The van der Waals surface area contributed by atoms with Gasteiger partial charge < -0.3 is 10.1 Å². The summed E-state index contributed by atoms with van der Waals surface area (Å²) in [4.78, 5) is 11.1. The van der Waals surface area contributed by atoms with E-state index in [9.17, 15) is 18.0 Å². The van der Waals surface area contributed by atoms with E-state index in [0.717, 1.165) is 12.1 Å². The lowest BCUT2D eigenvalue weighted by atomic mass is 10.0. The van der Waals surface area contributed by atoms with Gasteiger partial charge in [-0.3, -0.25) is 4.79 Å². The number of ether oxygens (including phenoxy) is 1. The number of carbonyl (C=O) groups is 1. The number of methoxy groups -OCH3 is 1. The fourth-order valence-electron chi connectivity index (χ4n) is 1.41. The Bertz CT molecular complexity index is 400. The lowest BCUT2D eigenvalue weighted by Crippen LogP contribution is -2.21. The Balaban J connectivity index is 3.00. The quantitative estimate of drug-likeness (QED) is 0.652. The number of esters is 1. The van der Waals surface area contributed by atoms with Crippen LogP contribution in [0.4, 0.5) is 13.2 Å². The van der Waals surface area contributed by atoms with Crippen LogP contribution in [0.3, 0.4) is 0 Å². The topological polar surface area (TPSA) is 38.3 Å². The molecule has 0 fully saturated rings. The number of hydrogen-bond acceptors (Lipinski definition) is 3.